The van der Waals surface area contributed by atoms with Gasteiger partial charge in [0, 0.05) is 21.4 Å². The fourth-order valence-corrected chi connectivity index (χ4v) is 2.43. The monoisotopic (exact) mass is 280 g/mol. The van der Waals surface area contributed by atoms with E-state index in [1.54, 1.807) is 11.8 Å². The number of rotatable bonds is 4. The highest BCUT2D eigenvalue weighted by atomic mass is 32.2. The molecule has 1 aromatic rings. The molecule has 0 saturated heterocycles. The number of benzene rings is 1. The summed E-state index contributed by atoms with van der Waals surface area (Å²) < 4.78 is 0.189. The Morgan fingerprint density at radius 2 is 1.74 bits per heavy atom. The number of hydrogen-bond acceptors (Lipinski definition) is 3. The maximum Gasteiger partial charge on any atom is 0.228 e. The number of anilines is 1. The fraction of sp³-hybridized carbons (Fsp3) is 0.533. The number of hydrogen-bond donors (Lipinski definition) is 2. The molecule has 0 aliphatic rings. The number of thioether (sulfide) groups is 1. The summed E-state index contributed by atoms with van der Waals surface area (Å²) in [5.41, 5.74) is 6.54. The van der Waals surface area contributed by atoms with E-state index in [0.717, 1.165) is 5.69 Å². The molecule has 0 aliphatic heterocycles. The summed E-state index contributed by atoms with van der Waals surface area (Å²) >= 11 is 1.81. The molecule has 19 heavy (non-hydrogen) atoms. The first-order valence-corrected chi connectivity index (χ1v) is 7.36. The van der Waals surface area contributed by atoms with E-state index in [4.69, 9.17) is 5.73 Å². The smallest absolute Gasteiger partial charge is 0.228 e. The Kier molecular flexibility index (Phi) is 5.44. The first-order valence-electron chi connectivity index (χ1n) is 6.54. The molecule has 2 unspecified atom stereocenters. The van der Waals surface area contributed by atoms with Crippen LogP contribution in [0.4, 0.5) is 5.69 Å². The van der Waals surface area contributed by atoms with Crippen LogP contribution in [0.25, 0.3) is 0 Å². The second-order valence-corrected chi connectivity index (χ2v) is 7.78. The van der Waals surface area contributed by atoms with E-state index in [1.165, 1.54) is 4.90 Å². The van der Waals surface area contributed by atoms with Crippen molar-refractivity contribution in [3.63, 3.8) is 0 Å². The number of amides is 1. The number of nitrogens with one attached hydrogen (secondary N) is 1. The van der Waals surface area contributed by atoms with Crippen LogP contribution in [0.3, 0.4) is 0 Å². The van der Waals surface area contributed by atoms with Gasteiger partial charge in [0.05, 0.1) is 5.92 Å². The van der Waals surface area contributed by atoms with Crippen LogP contribution in [0.1, 0.15) is 34.6 Å². The van der Waals surface area contributed by atoms with Crippen LogP contribution in [-0.4, -0.2) is 16.7 Å². The van der Waals surface area contributed by atoms with Crippen molar-refractivity contribution in [2.24, 2.45) is 11.7 Å². The third kappa shape index (κ3) is 5.66. The lowest BCUT2D eigenvalue weighted by Gasteiger charge is -2.18. The molecule has 3 N–H and O–H groups in total. The van der Waals surface area contributed by atoms with E-state index in [1.807, 2.05) is 38.1 Å². The van der Waals surface area contributed by atoms with Crippen LogP contribution in [0, 0.1) is 5.92 Å². The zero-order valence-electron chi connectivity index (χ0n) is 12.4. The molecular weight excluding hydrogens is 256 g/mol. The minimum Gasteiger partial charge on any atom is -0.327 e. The Labute approximate surface area is 120 Å². The van der Waals surface area contributed by atoms with Gasteiger partial charge in [0.2, 0.25) is 5.91 Å². The second-order valence-electron chi connectivity index (χ2n) is 5.88. The summed E-state index contributed by atoms with van der Waals surface area (Å²) in [6.07, 6.45) is 0. The topological polar surface area (TPSA) is 55.1 Å². The minimum absolute atomic E-state index is 0.0359. The highest BCUT2D eigenvalue weighted by Crippen LogP contribution is 2.32. The summed E-state index contributed by atoms with van der Waals surface area (Å²) in [5, 5.41) is 2.88. The summed E-state index contributed by atoms with van der Waals surface area (Å²) in [7, 11) is 0. The molecule has 1 amide bonds. The van der Waals surface area contributed by atoms with Crippen molar-refractivity contribution in [1.29, 1.82) is 0 Å². The zero-order valence-corrected chi connectivity index (χ0v) is 13.2. The average Bonchev–Trinajstić information content (AvgIpc) is 2.28. The van der Waals surface area contributed by atoms with Crippen LogP contribution in [0.2, 0.25) is 0 Å². The molecule has 0 spiro atoms. The van der Waals surface area contributed by atoms with E-state index >= 15 is 0 Å². The van der Waals surface area contributed by atoms with Crippen molar-refractivity contribution in [2.45, 2.75) is 50.3 Å². The highest BCUT2D eigenvalue weighted by molar-refractivity contribution is 8.00. The lowest BCUT2D eigenvalue weighted by atomic mass is 10.0. The Balaban J connectivity index is 2.65. The van der Waals surface area contributed by atoms with Gasteiger partial charge in [-0.2, -0.15) is 0 Å². The average molecular weight is 280 g/mol. The zero-order chi connectivity index (χ0) is 14.6. The van der Waals surface area contributed by atoms with Gasteiger partial charge in [-0.1, -0.05) is 27.7 Å². The van der Waals surface area contributed by atoms with Crippen LogP contribution in [-0.2, 0) is 4.79 Å². The van der Waals surface area contributed by atoms with Crippen molar-refractivity contribution in [3.05, 3.63) is 24.3 Å². The van der Waals surface area contributed by atoms with E-state index in [9.17, 15) is 4.79 Å². The predicted molar refractivity (Wildman–Crippen MR) is 83.5 cm³/mol. The number of carbonyl (C=O) groups excluding carboxylic acids is 1. The van der Waals surface area contributed by atoms with Gasteiger partial charge in [0.1, 0.15) is 0 Å². The Hall–Kier alpha value is -1.00. The maximum absolute atomic E-state index is 11.9. The van der Waals surface area contributed by atoms with Crippen LogP contribution >= 0.6 is 11.8 Å². The van der Waals surface area contributed by atoms with Crippen LogP contribution < -0.4 is 11.1 Å². The summed E-state index contributed by atoms with van der Waals surface area (Å²) in [5.74, 6) is -0.227. The number of nitrogens with two attached hydrogens (primary N) is 1. The minimum atomic E-state index is -0.191. The van der Waals surface area contributed by atoms with Gasteiger partial charge in [-0.3, -0.25) is 4.79 Å². The molecule has 4 heteroatoms. The molecule has 0 saturated carbocycles. The summed E-state index contributed by atoms with van der Waals surface area (Å²) in [6, 6.07) is 7.78. The molecule has 1 aromatic carbocycles. The van der Waals surface area contributed by atoms with Crippen molar-refractivity contribution in [3.8, 4) is 0 Å². The molecule has 0 fully saturated rings. The normalized spacial score (nSPS) is 14.8. The van der Waals surface area contributed by atoms with Crippen LogP contribution in [0.5, 0.6) is 0 Å². The molecule has 0 radical (unpaired) electrons. The lowest BCUT2D eigenvalue weighted by molar-refractivity contribution is -0.119. The van der Waals surface area contributed by atoms with Gasteiger partial charge in [-0.15, -0.1) is 11.8 Å². The third-order valence-electron chi connectivity index (χ3n) is 2.75. The predicted octanol–water partition coefficient (Wildman–Crippen LogP) is 3.50. The molecule has 106 valence electrons. The van der Waals surface area contributed by atoms with Gasteiger partial charge >= 0.3 is 0 Å². The molecule has 0 aromatic heterocycles. The number of carbonyl (C=O) groups is 1. The van der Waals surface area contributed by atoms with Crippen molar-refractivity contribution >= 4 is 23.4 Å². The first-order chi connectivity index (χ1) is 8.69. The van der Waals surface area contributed by atoms with Gasteiger partial charge in [-0.25, -0.2) is 0 Å². The Bertz CT molecular complexity index is 421. The van der Waals surface area contributed by atoms with Gasteiger partial charge in [0.25, 0.3) is 0 Å². The molecular formula is C15H24N2OS. The molecule has 1 rings (SSSR count). The molecule has 0 aliphatic carbocycles. The third-order valence-corrected chi connectivity index (χ3v) is 3.87. The van der Waals surface area contributed by atoms with Crippen LogP contribution in [0.15, 0.2) is 29.2 Å². The Morgan fingerprint density at radius 3 is 2.16 bits per heavy atom. The Morgan fingerprint density at radius 1 is 1.21 bits per heavy atom. The van der Waals surface area contributed by atoms with Gasteiger partial charge in [-0.05, 0) is 31.2 Å². The SMILES string of the molecule is CC(N)C(C)C(=O)Nc1ccc(SC(C)(C)C)cc1. The fourth-order valence-electron chi connectivity index (χ4n) is 1.45. The van der Waals surface area contributed by atoms with E-state index in [2.05, 4.69) is 26.1 Å². The van der Waals surface area contributed by atoms with Gasteiger partial charge in [0.15, 0.2) is 0 Å². The summed E-state index contributed by atoms with van der Waals surface area (Å²) in [6.45, 7) is 10.2. The van der Waals surface area contributed by atoms with E-state index < -0.39 is 0 Å². The van der Waals surface area contributed by atoms with E-state index in [-0.39, 0.29) is 22.6 Å². The maximum atomic E-state index is 11.9. The quantitative estimate of drug-likeness (QED) is 0.830. The van der Waals surface area contributed by atoms with Crippen molar-refractivity contribution in [2.75, 3.05) is 5.32 Å². The van der Waals surface area contributed by atoms with Gasteiger partial charge < -0.3 is 11.1 Å². The largest absolute Gasteiger partial charge is 0.327 e. The second kappa shape index (κ2) is 6.44. The lowest BCUT2D eigenvalue weighted by Crippen LogP contribution is -2.34. The highest BCUT2D eigenvalue weighted by Gasteiger charge is 2.17. The molecule has 2 atom stereocenters. The molecule has 0 bridgehead atoms. The van der Waals surface area contributed by atoms with Crippen molar-refractivity contribution < 1.29 is 4.79 Å². The standard InChI is InChI=1S/C15H24N2OS/c1-10(11(2)16)14(18)17-12-6-8-13(9-7-12)19-15(3,4)5/h6-11H,16H2,1-5H3,(H,17,18). The van der Waals surface area contributed by atoms with E-state index in [0.29, 0.717) is 0 Å². The van der Waals surface area contributed by atoms with Crippen molar-refractivity contribution in [1.82, 2.24) is 0 Å². The molecule has 3 nitrogen and oxygen atoms in total. The summed E-state index contributed by atoms with van der Waals surface area (Å²) in [4.78, 5) is 13.1. The molecule has 0 heterocycles. The first kappa shape index (κ1) is 16.1.